The molecule has 0 bridgehead atoms. The molecular weight excluding hydrogens is 278 g/mol. The zero-order valence-corrected chi connectivity index (χ0v) is 12.0. The zero-order chi connectivity index (χ0) is 13.7. The van der Waals surface area contributed by atoms with E-state index in [2.05, 4.69) is 6.07 Å². The second-order valence-corrected chi connectivity index (χ2v) is 5.37. The number of hydrogen-bond acceptors (Lipinski definition) is 3. The van der Waals surface area contributed by atoms with Crippen LogP contribution in [0.4, 0.5) is 0 Å². The number of rotatable bonds is 4. The van der Waals surface area contributed by atoms with Gasteiger partial charge in [0.2, 0.25) is 0 Å². The van der Waals surface area contributed by atoms with Crippen molar-refractivity contribution in [3.8, 4) is 11.8 Å². The van der Waals surface area contributed by atoms with Crippen LogP contribution < -0.4 is 4.74 Å². The van der Waals surface area contributed by atoms with Crippen molar-refractivity contribution < 1.29 is 4.74 Å². The Morgan fingerprint density at radius 1 is 1.26 bits per heavy atom. The van der Waals surface area contributed by atoms with Crippen molar-refractivity contribution in [1.29, 1.82) is 5.26 Å². The lowest BCUT2D eigenvalue weighted by molar-refractivity contribution is 0.411. The van der Waals surface area contributed by atoms with Gasteiger partial charge in [0.25, 0.3) is 0 Å². The standard InChI is InChI=1S/C15H12ClNOS/c1-18-15-6-5-11(9-17)7-12(15)10-19-14-4-2-3-13(16)8-14/h2-8H,10H2,1H3. The lowest BCUT2D eigenvalue weighted by atomic mass is 10.1. The fourth-order valence-corrected chi connectivity index (χ4v) is 2.87. The van der Waals surface area contributed by atoms with Crippen molar-refractivity contribution in [2.45, 2.75) is 10.6 Å². The molecule has 2 nitrogen and oxygen atoms in total. The van der Waals surface area contributed by atoms with E-state index in [9.17, 15) is 0 Å². The molecule has 0 saturated carbocycles. The molecule has 4 heteroatoms. The number of thioether (sulfide) groups is 1. The van der Waals surface area contributed by atoms with Crippen molar-refractivity contribution in [2.75, 3.05) is 7.11 Å². The van der Waals surface area contributed by atoms with Gasteiger partial charge in [-0.1, -0.05) is 17.7 Å². The van der Waals surface area contributed by atoms with Gasteiger partial charge in [-0.15, -0.1) is 11.8 Å². The minimum Gasteiger partial charge on any atom is -0.496 e. The Morgan fingerprint density at radius 2 is 2.11 bits per heavy atom. The molecule has 0 spiro atoms. The number of methoxy groups -OCH3 is 1. The van der Waals surface area contributed by atoms with Crippen molar-refractivity contribution in [3.05, 3.63) is 58.6 Å². The summed E-state index contributed by atoms with van der Waals surface area (Å²) >= 11 is 7.61. The summed E-state index contributed by atoms with van der Waals surface area (Å²) in [6.07, 6.45) is 0. The summed E-state index contributed by atoms with van der Waals surface area (Å²) in [6.45, 7) is 0. The van der Waals surface area contributed by atoms with Crippen LogP contribution in [-0.4, -0.2) is 7.11 Å². The molecule has 0 N–H and O–H groups in total. The summed E-state index contributed by atoms with van der Waals surface area (Å²) in [5, 5.41) is 9.66. The molecule has 0 radical (unpaired) electrons. The third-order valence-electron chi connectivity index (χ3n) is 2.60. The van der Waals surface area contributed by atoms with E-state index in [0.717, 1.165) is 27.0 Å². The summed E-state index contributed by atoms with van der Waals surface area (Å²) in [5.74, 6) is 1.53. The van der Waals surface area contributed by atoms with Crippen LogP contribution in [-0.2, 0) is 5.75 Å². The molecule has 0 saturated heterocycles. The zero-order valence-electron chi connectivity index (χ0n) is 10.4. The van der Waals surface area contributed by atoms with Crippen LogP contribution in [0.15, 0.2) is 47.4 Å². The first-order chi connectivity index (χ1) is 9.22. The van der Waals surface area contributed by atoms with E-state index in [4.69, 9.17) is 21.6 Å². The highest BCUT2D eigenvalue weighted by atomic mass is 35.5. The number of ether oxygens (including phenoxy) is 1. The second kappa shape index (κ2) is 6.51. The van der Waals surface area contributed by atoms with Crippen LogP contribution in [0.2, 0.25) is 5.02 Å². The third kappa shape index (κ3) is 3.66. The lowest BCUT2D eigenvalue weighted by Gasteiger charge is -2.08. The highest BCUT2D eigenvalue weighted by molar-refractivity contribution is 7.98. The van der Waals surface area contributed by atoms with Gasteiger partial charge in [0.1, 0.15) is 5.75 Å². The number of benzene rings is 2. The SMILES string of the molecule is COc1ccc(C#N)cc1CSc1cccc(Cl)c1. The predicted octanol–water partition coefficient (Wildman–Crippen LogP) is 4.51. The average Bonchev–Trinajstić information content (AvgIpc) is 2.45. The van der Waals surface area contributed by atoms with Gasteiger partial charge in [0, 0.05) is 21.2 Å². The van der Waals surface area contributed by atoms with Gasteiger partial charge in [-0.3, -0.25) is 0 Å². The Morgan fingerprint density at radius 3 is 2.79 bits per heavy atom. The monoisotopic (exact) mass is 289 g/mol. The predicted molar refractivity (Wildman–Crippen MR) is 78.7 cm³/mol. The second-order valence-electron chi connectivity index (χ2n) is 3.88. The Kier molecular flexibility index (Phi) is 4.73. The highest BCUT2D eigenvalue weighted by Crippen LogP contribution is 2.29. The third-order valence-corrected chi connectivity index (χ3v) is 3.88. The highest BCUT2D eigenvalue weighted by Gasteiger charge is 2.05. The summed E-state index contributed by atoms with van der Waals surface area (Å²) < 4.78 is 5.31. The fourth-order valence-electron chi connectivity index (χ4n) is 1.68. The Bertz CT molecular complexity index is 622. The molecule has 96 valence electrons. The molecule has 0 unspecified atom stereocenters. The van der Waals surface area contributed by atoms with Crippen LogP contribution in [0.3, 0.4) is 0 Å². The largest absolute Gasteiger partial charge is 0.496 e. The van der Waals surface area contributed by atoms with Gasteiger partial charge in [-0.2, -0.15) is 5.26 Å². The van der Waals surface area contributed by atoms with E-state index >= 15 is 0 Å². The quantitative estimate of drug-likeness (QED) is 0.776. The molecule has 2 aromatic rings. The van der Waals surface area contributed by atoms with Crippen molar-refractivity contribution in [2.24, 2.45) is 0 Å². The topological polar surface area (TPSA) is 33.0 Å². The van der Waals surface area contributed by atoms with Gasteiger partial charge in [0.15, 0.2) is 0 Å². The molecule has 0 atom stereocenters. The first kappa shape index (κ1) is 13.8. The van der Waals surface area contributed by atoms with Crippen molar-refractivity contribution in [1.82, 2.24) is 0 Å². The molecule has 0 fully saturated rings. The maximum atomic E-state index is 8.93. The average molecular weight is 290 g/mol. The smallest absolute Gasteiger partial charge is 0.122 e. The molecule has 0 amide bonds. The first-order valence-electron chi connectivity index (χ1n) is 5.68. The molecule has 0 aliphatic heterocycles. The van der Waals surface area contributed by atoms with Gasteiger partial charge < -0.3 is 4.74 Å². The molecule has 0 aliphatic carbocycles. The van der Waals surface area contributed by atoms with Gasteiger partial charge >= 0.3 is 0 Å². The fraction of sp³-hybridized carbons (Fsp3) is 0.133. The molecule has 2 rings (SSSR count). The van der Waals surface area contributed by atoms with Crippen molar-refractivity contribution in [3.63, 3.8) is 0 Å². The number of nitriles is 1. The lowest BCUT2D eigenvalue weighted by Crippen LogP contribution is -1.91. The molecule has 2 aromatic carbocycles. The van der Waals surface area contributed by atoms with E-state index in [1.807, 2.05) is 36.4 Å². The number of nitrogens with zero attached hydrogens (tertiary/aromatic N) is 1. The molecule has 0 aliphatic rings. The number of hydrogen-bond donors (Lipinski definition) is 0. The first-order valence-corrected chi connectivity index (χ1v) is 7.04. The van der Waals surface area contributed by atoms with E-state index < -0.39 is 0 Å². The summed E-state index contributed by atoms with van der Waals surface area (Å²) in [7, 11) is 1.63. The molecule has 19 heavy (non-hydrogen) atoms. The number of halogens is 1. The van der Waals surface area contributed by atoms with E-state index in [0.29, 0.717) is 5.56 Å². The van der Waals surface area contributed by atoms with Gasteiger partial charge in [0.05, 0.1) is 18.7 Å². The maximum Gasteiger partial charge on any atom is 0.122 e. The Hall–Kier alpha value is -1.63. The summed E-state index contributed by atoms with van der Waals surface area (Å²) in [5.41, 5.74) is 1.65. The van der Waals surface area contributed by atoms with Crippen LogP contribution in [0, 0.1) is 11.3 Å². The normalized spacial score (nSPS) is 9.95. The van der Waals surface area contributed by atoms with Crippen LogP contribution >= 0.6 is 23.4 Å². The summed E-state index contributed by atoms with van der Waals surface area (Å²) in [6, 6.07) is 15.3. The van der Waals surface area contributed by atoms with Crippen LogP contribution in [0.25, 0.3) is 0 Å². The van der Waals surface area contributed by atoms with E-state index in [1.165, 1.54) is 0 Å². The minimum absolute atomic E-state index is 0.641. The van der Waals surface area contributed by atoms with E-state index in [1.54, 1.807) is 24.9 Å². The molecular formula is C15H12ClNOS. The summed E-state index contributed by atoms with van der Waals surface area (Å²) in [4.78, 5) is 1.09. The molecule has 0 heterocycles. The van der Waals surface area contributed by atoms with Gasteiger partial charge in [-0.25, -0.2) is 0 Å². The Balaban J connectivity index is 2.16. The Labute approximate surface area is 122 Å². The van der Waals surface area contributed by atoms with Gasteiger partial charge in [-0.05, 0) is 36.4 Å². The molecule has 0 aromatic heterocycles. The van der Waals surface area contributed by atoms with Crippen molar-refractivity contribution >= 4 is 23.4 Å². The van der Waals surface area contributed by atoms with E-state index in [-0.39, 0.29) is 0 Å². The van der Waals surface area contributed by atoms with Crippen LogP contribution in [0.5, 0.6) is 5.75 Å². The van der Waals surface area contributed by atoms with Crippen LogP contribution in [0.1, 0.15) is 11.1 Å². The maximum absolute atomic E-state index is 8.93. The minimum atomic E-state index is 0.641.